The van der Waals surface area contributed by atoms with Gasteiger partial charge in [-0.05, 0) is 39.0 Å². The number of hydrogen-bond acceptors (Lipinski definition) is 5. The Kier molecular flexibility index (Phi) is 4.19. The van der Waals surface area contributed by atoms with Gasteiger partial charge in [-0.3, -0.25) is 4.68 Å². The molecule has 0 saturated carbocycles. The molecule has 2 aromatic rings. The third-order valence-electron chi connectivity index (χ3n) is 5.27. The minimum absolute atomic E-state index is 0.0114. The maximum absolute atomic E-state index is 12.8. The van der Waals surface area contributed by atoms with E-state index >= 15 is 0 Å². The first-order chi connectivity index (χ1) is 12.1. The van der Waals surface area contributed by atoms with Crippen molar-refractivity contribution in [3.63, 3.8) is 0 Å². The molecule has 1 N–H and O–H groups in total. The lowest BCUT2D eigenvalue weighted by molar-refractivity contribution is 0.167. The Morgan fingerprint density at radius 2 is 2.24 bits per heavy atom. The molecule has 2 aliphatic rings. The molecule has 0 radical (unpaired) electrons. The van der Waals surface area contributed by atoms with E-state index < -0.39 is 0 Å². The summed E-state index contributed by atoms with van der Waals surface area (Å²) in [7, 11) is 1.96. The summed E-state index contributed by atoms with van der Waals surface area (Å²) >= 11 is 0. The topological polar surface area (TPSA) is 89.1 Å². The predicted molar refractivity (Wildman–Crippen MR) is 90.0 cm³/mol. The van der Waals surface area contributed by atoms with Crippen molar-refractivity contribution in [2.75, 3.05) is 13.1 Å². The van der Waals surface area contributed by atoms with E-state index in [2.05, 4.69) is 20.6 Å². The molecule has 2 amide bonds. The second kappa shape index (κ2) is 6.50. The van der Waals surface area contributed by atoms with E-state index in [4.69, 9.17) is 4.52 Å². The van der Waals surface area contributed by atoms with Crippen LogP contribution < -0.4 is 5.32 Å². The average molecular weight is 344 g/mol. The molecule has 2 aromatic heterocycles. The van der Waals surface area contributed by atoms with E-state index in [9.17, 15) is 4.79 Å². The van der Waals surface area contributed by atoms with Crippen LogP contribution in [-0.4, -0.2) is 43.9 Å². The number of fused-ring (bicyclic) bond motifs is 1. The van der Waals surface area contributed by atoms with Crippen molar-refractivity contribution in [2.24, 2.45) is 7.05 Å². The van der Waals surface area contributed by atoms with Gasteiger partial charge < -0.3 is 14.7 Å². The number of hydrogen-bond donors (Lipinski definition) is 1. The van der Waals surface area contributed by atoms with E-state index in [0.29, 0.717) is 18.3 Å². The molecule has 3 heterocycles. The Morgan fingerprint density at radius 3 is 3.04 bits per heavy atom. The number of urea groups is 1. The molecule has 1 fully saturated rings. The van der Waals surface area contributed by atoms with Gasteiger partial charge in [-0.2, -0.15) is 10.1 Å². The van der Waals surface area contributed by atoms with Gasteiger partial charge in [0.2, 0.25) is 5.89 Å². The fourth-order valence-corrected chi connectivity index (χ4v) is 3.94. The summed E-state index contributed by atoms with van der Waals surface area (Å²) < 4.78 is 7.22. The normalized spacial score (nSPS) is 23.4. The number of rotatable bonds is 2. The Morgan fingerprint density at radius 1 is 1.36 bits per heavy atom. The number of piperidine rings is 1. The number of likely N-dealkylation sites (tertiary alicyclic amines) is 1. The van der Waals surface area contributed by atoms with Crippen molar-refractivity contribution < 1.29 is 9.32 Å². The van der Waals surface area contributed by atoms with Gasteiger partial charge in [-0.25, -0.2) is 4.79 Å². The highest BCUT2D eigenvalue weighted by molar-refractivity contribution is 5.75. The predicted octanol–water partition coefficient (Wildman–Crippen LogP) is 2.08. The number of aromatic nitrogens is 4. The maximum atomic E-state index is 12.8. The number of carbonyl (C=O) groups is 1. The second-order valence-electron chi connectivity index (χ2n) is 7.03. The molecule has 0 aromatic carbocycles. The van der Waals surface area contributed by atoms with Crippen LogP contribution in [0.15, 0.2) is 10.7 Å². The van der Waals surface area contributed by atoms with Gasteiger partial charge in [0.15, 0.2) is 5.82 Å². The number of amides is 2. The summed E-state index contributed by atoms with van der Waals surface area (Å²) in [6, 6.07) is 0.0404. The van der Waals surface area contributed by atoms with Gasteiger partial charge in [-0.1, -0.05) is 5.16 Å². The van der Waals surface area contributed by atoms with Gasteiger partial charge in [0.1, 0.15) is 0 Å². The first-order valence-corrected chi connectivity index (χ1v) is 8.98. The maximum Gasteiger partial charge on any atom is 0.317 e. The van der Waals surface area contributed by atoms with E-state index in [1.165, 1.54) is 5.69 Å². The number of nitrogens with zero attached hydrogens (tertiary/aromatic N) is 5. The number of aryl methyl sites for hydroxylation is 2. The van der Waals surface area contributed by atoms with Gasteiger partial charge >= 0.3 is 6.03 Å². The van der Waals surface area contributed by atoms with Crippen LogP contribution in [-0.2, 0) is 13.5 Å². The zero-order valence-corrected chi connectivity index (χ0v) is 14.7. The van der Waals surface area contributed by atoms with E-state index in [1.54, 1.807) is 0 Å². The number of carbonyl (C=O) groups excluding carboxylic acids is 1. The van der Waals surface area contributed by atoms with Gasteiger partial charge in [0, 0.05) is 31.4 Å². The quantitative estimate of drug-likeness (QED) is 0.901. The minimum Gasteiger partial charge on any atom is -0.339 e. The third kappa shape index (κ3) is 3.12. The third-order valence-corrected chi connectivity index (χ3v) is 5.27. The molecular weight excluding hydrogens is 320 g/mol. The van der Waals surface area contributed by atoms with Crippen LogP contribution in [0.5, 0.6) is 0 Å². The summed E-state index contributed by atoms with van der Waals surface area (Å²) in [5, 5.41) is 11.4. The highest BCUT2D eigenvalue weighted by Gasteiger charge is 2.31. The largest absolute Gasteiger partial charge is 0.339 e. The Hall–Kier alpha value is -2.38. The Bertz CT molecular complexity index is 767. The van der Waals surface area contributed by atoms with Crippen LogP contribution in [0, 0.1) is 6.92 Å². The van der Waals surface area contributed by atoms with Crippen molar-refractivity contribution in [1.82, 2.24) is 30.1 Å². The van der Waals surface area contributed by atoms with Crippen LogP contribution in [0.2, 0.25) is 0 Å². The van der Waals surface area contributed by atoms with Gasteiger partial charge in [0.05, 0.1) is 18.2 Å². The van der Waals surface area contributed by atoms with Crippen LogP contribution >= 0.6 is 0 Å². The molecule has 1 aliphatic carbocycles. The van der Waals surface area contributed by atoms with Crippen molar-refractivity contribution in [2.45, 2.75) is 51.0 Å². The lowest BCUT2D eigenvalue weighted by Gasteiger charge is -2.33. The molecule has 0 bridgehead atoms. The van der Waals surface area contributed by atoms with E-state index in [0.717, 1.165) is 44.2 Å². The fourth-order valence-electron chi connectivity index (χ4n) is 3.94. The van der Waals surface area contributed by atoms with Crippen molar-refractivity contribution in [3.8, 4) is 0 Å². The van der Waals surface area contributed by atoms with E-state index in [1.807, 2.05) is 29.7 Å². The Balaban J connectivity index is 1.43. The minimum atomic E-state index is -0.0114. The van der Waals surface area contributed by atoms with Crippen molar-refractivity contribution >= 4 is 6.03 Å². The molecule has 8 heteroatoms. The molecule has 2 unspecified atom stereocenters. The molecular formula is C17H24N6O2. The van der Waals surface area contributed by atoms with Gasteiger partial charge in [-0.15, -0.1) is 0 Å². The summed E-state index contributed by atoms with van der Waals surface area (Å²) in [6.07, 6.45) is 6.87. The average Bonchev–Trinajstić information content (AvgIpc) is 3.22. The summed E-state index contributed by atoms with van der Waals surface area (Å²) in [5.74, 6) is 1.41. The lowest BCUT2D eigenvalue weighted by atomic mass is 9.93. The zero-order chi connectivity index (χ0) is 17.4. The monoisotopic (exact) mass is 344 g/mol. The molecule has 25 heavy (non-hydrogen) atoms. The van der Waals surface area contributed by atoms with Crippen LogP contribution in [0.1, 0.15) is 60.6 Å². The van der Waals surface area contributed by atoms with Gasteiger partial charge in [0.25, 0.3) is 0 Å². The molecule has 4 rings (SSSR count). The SMILES string of the molecule is Cc1noc(C2CCCN(C(=O)NC3CCCc4c3cnn4C)C2)n1. The standard InChI is InChI=1S/C17H24N6O2/c1-11-19-16(25-21-11)12-5-4-8-23(10-12)17(24)20-14-6-3-7-15-13(14)9-18-22(15)2/h9,12,14H,3-8,10H2,1-2H3,(H,20,24). The summed E-state index contributed by atoms with van der Waals surface area (Å²) in [5.41, 5.74) is 2.39. The molecule has 134 valence electrons. The first kappa shape index (κ1) is 16.1. The van der Waals surface area contributed by atoms with Crippen LogP contribution in [0.4, 0.5) is 4.79 Å². The van der Waals surface area contributed by atoms with E-state index in [-0.39, 0.29) is 18.0 Å². The first-order valence-electron chi connectivity index (χ1n) is 8.98. The molecule has 1 saturated heterocycles. The molecule has 0 spiro atoms. The fraction of sp³-hybridized carbons (Fsp3) is 0.647. The van der Waals surface area contributed by atoms with Crippen molar-refractivity contribution in [3.05, 3.63) is 29.2 Å². The van der Waals surface area contributed by atoms with Crippen LogP contribution in [0.25, 0.3) is 0 Å². The Labute approximate surface area is 146 Å². The molecule has 8 nitrogen and oxygen atoms in total. The summed E-state index contributed by atoms with van der Waals surface area (Å²) in [4.78, 5) is 19.0. The number of nitrogens with one attached hydrogen (secondary N) is 1. The molecule has 1 aliphatic heterocycles. The van der Waals surface area contributed by atoms with Crippen molar-refractivity contribution in [1.29, 1.82) is 0 Å². The highest BCUT2D eigenvalue weighted by Crippen LogP contribution is 2.30. The van der Waals surface area contributed by atoms with Crippen LogP contribution in [0.3, 0.4) is 0 Å². The highest BCUT2D eigenvalue weighted by atomic mass is 16.5. The molecule has 2 atom stereocenters. The summed E-state index contributed by atoms with van der Waals surface area (Å²) in [6.45, 7) is 3.21. The lowest BCUT2D eigenvalue weighted by Crippen LogP contribution is -2.46. The second-order valence-corrected chi connectivity index (χ2v) is 7.03. The zero-order valence-electron chi connectivity index (χ0n) is 14.7. The smallest absolute Gasteiger partial charge is 0.317 e.